The molecule has 0 aliphatic heterocycles. The molecule has 86 valence electrons. The molecule has 0 aliphatic carbocycles. The minimum absolute atomic E-state index is 0.0734. The molecule has 0 radical (unpaired) electrons. The van der Waals surface area contributed by atoms with Crippen LogP contribution in [0.25, 0.3) is 0 Å². The van der Waals surface area contributed by atoms with Crippen molar-refractivity contribution in [3.63, 3.8) is 0 Å². The summed E-state index contributed by atoms with van der Waals surface area (Å²) in [5.74, 6) is 0.913. The van der Waals surface area contributed by atoms with E-state index in [0.717, 1.165) is 0 Å². The lowest BCUT2D eigenvalue weighted by molar-refractivity contribution is -0.419. The molecule has 1 atom stereocenters. The van der Waals surface area contributed by atoms with Crippen molar-refractivity contribution in [2.45, 2.75) is 13.3 Å². The molecular formula is C7H14N3O4S+. The zero-order chi connectivity index (χ0) is 12.1. The highest BCUT2D eigenvalue weighted by molar-refractivity contribution is 7.80. The number of carbonyl (C=O) groups is 2. The van der Waals surface area contributed by atoms with Crippen molar-refractivity contribution >= 4 is 29.3 Å². The zero-order valence-electron chi connectivity index (χ0n) is 8.24. The van der Waals surface area contributed by atoms with Gasteiger partial charge in [-0.25, -0.2) is 5.43 Å². The predicted molar refractivity (Wildman–Crippen MR) is 54.6 cm³/mol. The van der Waals surface area contributed by atoms with E-state index >= 15 is 0 Å². The molecular weight excluding hydrogens is 222 g/mol. The monoisotopic (exact) mass is 236 g/mol. The molecule has 7 nitrogen and oxygen atoms in total. The number of nitrogens with one attached hydrogen (secondary N) is 2. The van der Waals surface area contributed by atoms with Crippen LogP contribution in [-0.2, 0) is 9.59 Å². The summed E-state index contributed by atoms with van der Waals surface area (Å²) in [7, 11) is 0. The third kappa shape index (κ3) is 4.56. The number of carboxylic acid groups (broad SMARTS) is 2. The molecule has 0 amide bonds. The number of carboxylic acids is 2. The van der Waals surface area contributed by atoms with Gasteiger partial charge in [0.15, 0.2) is 0 Å². The first kappa shape index (κ1) is 13.6. The second-order valence-electron chi connectivity index (χ2n) is 3.30. The fraction of sp³-hybridized carbons (Fsp3) is 0.571. The van der Waals surface area contributed by atoms with Crippen LogP contribution in [0.15, 0.2) is 0 Å². The lowest BCUT2D eigenvalue weighted by Crippen LogP contribution is -2.69. The molecule has 1 unspecified atom stereocenters. The lowest BCUT2D eigenvalue weighted by Gasteiger charge is -2.23. The first-order chi connectivity index (χ1) is 6.81. The lowest BCUT2D eigenvalue weighted by atomic mass is 9.87. The van der Waals surface area contributed by atoms with E-state index in [1.165, 1.54) is 6.92 Å². The zero-order valence-corrected chi connectivity index (χ0v) is 9.06. The maximum atomic E-state index is 10.9. The predicted octanol–water partition coefficient (Wildman–Crippen LogP) is -1.83. The molecule has 7 N–H and O–H groups in total. The summed E-state index contributed by atoms with van der Waals surface area (Å²) in [6, 6.07) is 0. The number of aliphatic carboxylic acids is 2. The molecule has 0 saturated carbocycles. The van der Waals surface area contributed by atoms with Gasteiger partial charge in [-0.3, -0.25) is 15.4 Å². The molecule has 15 heavy (non-hydrogen) atoms. The minimum atomic E-state index is -1.40. The van der Waals surface area contributed by atoms with Crippen molar-refractivity contribution in [3.05, 3.63) is 0 Å². The SMILES string of the molecule is CC(CNC(=S)N[NH3+])(CC(=O)O)C(=O)O. The molecule has 0 aromatic rings. The maximum Gasteiger partial charge on any atom is 0.311 e. The number of thiocarbonyl (C=S) groups is 1. The van der Waals surface area contributed by atoms with Gasteiger partial charge in [0.25, 0.3) is 0 Å². The summed E-state index contributed by atoms with van der Waals surface area (Å²) in [5.41, 5.74) is 0.964. The van der Waals surface area contributed by atoms with E-state index in [9.17, 15) is 9.59 Å². The molecule has 8 heteroatoms. The Kier molecular flexibility index (Phi) is 4.95. The summed E-state index contributed by atoms with van der Waals surface area (Å²) in [6.07, 6.45) is -0.477. The summed E-state index contributed by atoms with van der Waals surface area (Å²) in [4.78, 5) is 21.4. The third-order valence-corrected chi connectivity index (χ3v) is 2.15. The van der Waals surface area contributed by atoms with Crippen molar-refractivity contribution in [1.29, 1.82) is 0 Å². The van der Waals surface area contributed by atoms with Gasteiger partial charge < -0.3 is 15.5 Å². The quantitative estimate of drug-likeness (QED) is 0.281. The minimum Gasteiger partial charge on any atom is -0.481 e. The smallest absolute Gasteiger partial charge is 0.311 e. The average molecular weight is 236 g/mol. The molecule has 0 spiro atoms. The van der Waals surface area contributed by atoms with Gasteiger partial charge in [-0.2, -0.15) is 0 Å². The van der Waals surface area contributed by atoms with Crippen LogP contribution in [0.4, 0.5) is 0 Å². The van der Waals surface area contributed by atoms with E-state index in [2.05, 4.69) is 16.6 Å². The Morgan fingerprint density at radius 2 is 2.00 bits per heavy atom. The second kappa shape index (κ2) is 5.47. The van der Waals surface area contributed by atoms with Crippen molar-refractivity contribution < 1.29 is 25.6 Å². The number of quaternary nitrogens is 1. The van der Waals surface area contributed by atoms with Crippen LogP contribution >= 0.6 is 12.2 Å². The first-order valence-corrected chi connectivity index (χ1v) is 4.49. The Balaban J connectivity index is 4.45. The Bertz CT molecular complexity index is 283. The standard InChI is InChI=1S/C7H13N3O4S/c1-7(5(13)14,2-4(11)12)3-9-6(15)10-8/h2-3,8H2,1H3,(H,11,12)(H,13,14)(H2,9,10,15)/p+1. The van der Waals surface area contributed by atoms with E-state index in [4.69, 9.17) is 22.4 Å². The Morgan fingerprint density at radius 3 is 2.33 bits per heavy atom. The fourth-order valence-corrected chi connectivity index (χ4v) is 0.958. The number of hydrogen-bond acceptors (Lipinski definition) is 3. The normalized spacial score (nSPS) is 13.7. The molecule has 0 aliphatic rings. The van der Waals surface area contributed by atoms with Crippen LogP contribution in [0.2, 0.25) is 0 Å². The average Bonchev–Trinajstić information content (AvgIpc) is 2.12. The number of rotatable bonds is 5. The topological polar surface area (TPSA) is 126 Å². The maximum absolute atomic E-state index is 10.9. The van der Waals surface area contributed by atoms with E-state index in [1.54, 1.807) is 0 Å². The van der Waals surface area contributed by atoms with Crippen LogP contribution in [0.3, 0.4) is 0 Å². The van der Waals surface area contributed by atoms with E-state index in [1.807, 2.05) is 0 Å². The summed E-state index contributed by atoms with van der Waals surface area (Å²) >= 11 is 4.70. The van der Waals surface area contributed by atoms with Crippen LogP contribution in [-0.4, -0.2) is 33.8 Å². The highest BCUT2D eigenvalue weighted by Gasteiger charge is 2.35. The highest BCUT2D eigenvalue weighted by atomic mass is 32.1. The fourth-order valence-electron chi connectivity index (χ4n) is 0.885. The second-order valence-corrected chi connectivity index (χ2v) is 3.70. The van der Waals surface area contributed by atoms with E-state index in [0.29, 0.717) is 0 Å². The molecule has 0 saturated heterocycles. The highest BCUT2D eigenvalue weighted by Crippen LogP contribution is 2.20. The van der Waals surface area contributed by atoms with Crippen molar-refractivity contribution in [2.75, 3.05) is 6.54 Å². The molecule has 0 aromatic carbocycles. The number of hydrogen-bond donors (Lipinski definition) is 5. The van der Waals surface area contributed by atoms with Crippen LogP contribution in [0.1, 0.15) is 13.3 Å². The Labute approximate surface area is 91.6 Å². The van der Waals surface area contributed by atoms with E-state index < -0.39 is 23.8 Å². The third-order valence-electron chi connectivity index (χ3n) is 1.86. The van der Waals surface area contributed by atoms with Gasteiger partial charge in [0.1, 0.15) is 0 Å². The van der Waals surface area contributed by atoms with Gasteiger partial charge >= 0.3 is 11.9 Å². The Morgan fingerprint density at radius 1 is 1.47 bits per heavy atom. The van der Waals surface area contributed by atoms with Crippen LogP contribution in [0, 0.1) is 5.41 Å². The van der Waals surface area contributed by atoms with Crippen LogP contribution < -0.4 is 16.6 Å². The largest absolute Gasteiger partial charge is 0.481 e. The van der Waals surface area contributed by atoms with E-state index in [-0.39, 0.29) is 11.7 Å². The van der Waals surface area contributed by atoms with Gasteiger partial charge in [0.2, 0.25) is 5.11 Å². The summed E-state index contributed by atoms with van der Waals surface area (Å²) in [6.45, 7) is 1.26. The molecule has 0 fully saturated rings. The molecule has 0 heterocycles. The van der Waals surface area contributed by atoms with Gasteiger partial charge in [-0.15, -0.1) is 0 Å². The van der Waals surface area contributed by atoms with Gasteiger partial charge in [0.05, 0.1) is 11.8 Å². The molecule has 0 rings (SSSR count). The molecule has 0 bridgehead atoms. The van der Waals surface area contributed by atoms with Crippen molar-refractivity contribution in [1.82, 2.24) is 10.7 Å². The summed E-state index contributed by atoms with van der Waals surface area (Å²) < 4.78 is 0. The van der Waals surface area contributed by atoms with Gasteiger partial charge in [-0.05, 0) is 19.1 Å². The van der Waals surface area contributed by atoms with Crippen molar-refractivity contribution in [2.24, 2.45) is 5.41 Å². The summed E-state index contributed by atoms with van der Waals surface area (Å²) in [5, 5.41) is 20.2. The molecule has 0 aromatic heterocycles. The van der Waals surface area contributed by atoms with Crippen molar-refractivity contribution in [3.8, 4) is 0 Å². The van der Waals surface area contributed by atoms with Crippen LogP contribution in [0.5, 0.6) is 0 Å². The van der Waals surface area contributed by atoms with Gasteiger partial charge in [0, 0.05) is 6.54 Å². The Hall–Kier alpha value is -1.41. The van der Waals surface area contributed by atoms with Gasteiger partial charge in [-0.1, -0.05) is 0 Å². The first-order valence-electron chi connectivity index (χ1n) is 4.08.